The summed E-state index contributed by atoms with van der Waals surface area (Å²) in [6.07, 6.45) is -1.34. The molecular formula is C13H17ClF2N2OS. The molecule has 112 valence electrons. The van der Waals surface area contributed by atoms with Crippen molar-refractivity contribution in [1.29, 1.82) is 0 Å². The van der Waals surface area contributed by atoms with Crippen molar-refractivity contribution >= 4 is 35.0 Å². The van der Waals surface area contributed by atoms with Crippen LogP contribution >= 0.6 is 23.4 Å². The molecule has 3 nitrogen and oxygen atoms in total. The van der Waals surface area contributed by atoms with Gasteiger partial charge >= 0.3 is 0 Å². The van der Waals surface area contributed by atoms with Gasteiger partial charge in [0.05, 0.1) is 16.5 Å². The number of anilines is 1. The Morgan fingerprint density at radius 2 is 2.20 bits per heavy atom. The second-order valence-corrected chi connectivity index (χ2v) is 5.51. The van der Waals surface area contributed by atoms with Crippen LogP contribution in [0.4, 0.5) is 14.5 Å². The Morgan fingerprint density at radius 3 is 2.85 bits per heavy atom. The predicted molar refractivity (Wildman–Crippen MR) is 80.0 cm³/mol. The number of carbonyl (C=O) groups is 1. The summed E-state index contributed by atoms with van der Waals surface area (Å²) in [4.78, 5) is 12.2. The van der Waals surface area contributed by atoms with Crippen molar-refractivity contribution in [2.24, 2.45) is 0 Å². The summed E-state index contributed by atoms with van der Waals surface area (Å²) >= 11 is 6.94. The van der Waals surface area contributed by atoms with Crippen molar-refractivity contribution in [2.45, 2.75) is 24.2 Å². The molecule has 1 aromatic rings. The van der Waals surface area contributed by atoms with Crippen LogP contribution < -0.4 is 10.6 Å². The Morgan fingerprint density at radius 1 is 1.45 bits per heavy atom. The molecule has 2 N–H and O–H groups in total. The van der Waals surface area contributed by atoms with Crippen LogP contribution in [0.15, 0.2) is 23.1 Å². The lowest BCUT2D eigenvalue weighted by Gasteiger charge is -2.12. The van der Waals surface area contributed by atoms with E-state index in [0.717, 1.165) is 18.3 Å². The molecule has 0 aliphatic rings. The number of benzene rings is 1. The highest BCUT2D eigenvalue weighted by Gasteiger charge is 2.13. The third-order valence-electron chi connectivity index (χ3n) is 2.43. The van der Waals surface area contributed by atoms with E-state index < -0.39 is 6.43 Å². The number of amides is 1. The highest BCUT2D eigenvalue weighted by atomic mass is 35.5. The zero-order chi connectivity index (χ0) is 15.0. The Labute approximate surface area is 126 Å². The van der Waals surface area contributed by atoms with E-state index in [1.165, 1.54) is 0 Å². The fraction of sp³-hybridized carbons (Fsp3) is 0.462. The number of rotatable bonds is 8. The lowest BCUT2D eigenvalue weighted by molar-refractivity contribution is -0.116. The largest absolute Gasteiger partial charge is 0.325 e. The highest BCUT2D eigenvalue weighted by Crippen LogP contribution is 2.35. The average Bonchev–Trinajstić information content (AvgIpc) is 2.38. The highest BCUT2D eigenvalue weighted by molar-refractivity contribution is 7.99. The summed E-state index contributed by atoms with van der Waals surface area (Å²) in [5.74, 6) is -0.506. The second-order valence-electron chi connectivity index (χ2n) is 4.07. The van der Waals surface area contributed by atoms with Crippen molar-refractivity contribution in [3.05, 3.63) is 23.2 Å². The summed E-state index contributed by atoms with van der Waals surface area (Å²) < 4.78 is 24.6. The molecule has 0 aromatic heterocycles. The van der Waals surface area contributed by atoms with E-state index in [2.05, 4.69) is 10.6 Å². The van der Waals surface area contributed by atoms with Crippen LogP contribution in [0.5, 0.6) is 0 Å². The van der Waals surface area contributed by atoms with Gasteiger partial charge in [0, 0.05) is 11.3 Å². The molecule has 0 radical (unpaired) electrons. The van der Waals surface area contributed by atoms with E-state index in [1.807, 2.05) is 7.05 Å². The molecule has 1 aromatic carbocycles. The van der Waals surface area contributed by atoms with Crippen molar-refractivity contribution in [1.82, 2.24) is 5.32 Å². The smallest absolute Gasteiger partial charge is 0.247 e. The lowest BCUT2D eigenvalue weighted by atomic mass is 10.2. The third-order valence-corrected chi connectivity index (χ3v) is 4.00. The monoisotopic (exact) mass is 322 g/mol. The summed E-state index contributed by atoms with van der Waals surface area (Å²) in [6.45, 7) is 0.746. The fourth-order valence-corrected chi connectivity index (χ4v) is 2.65. The van der Waals surface area contributed by atoms with Gasteiger partial charge < -0.3 is 10.6 Å². The van der Waals surface area contributed by atoms with Crippen molar-refractivity contribution in [3.63, 3.8) is 0 Å². The van der Waals surface area contributed by atoms with Gasteiger partial charge in [0.25, 0.3) is 0 Å². The van der Waals surface area contributed by atoms with E-state index in [9.17, 15) is 13.6 Å². The Kier molecular flexibility index (Phi) is 7.87. The van der Waals surface area contributed by atoms with Crippen LogP contribution in [0.25, 0.3) is 0 Å². The topological polar surface area (TPSA) is 41.1 Å². The standard InChI is InChI=1S/C13H17ClF2N2OS/c1-17-7-3-6-12(19)18-10-5-2-4-9(14)13(10)20-8-11(15)16/h2,4-5,11,17H,3,6-8H2,1H3,(H,18,19). The summed E-state index contributed by atoms with van der Waals surface area (Å²) in [6, 6.07) is 4.96. The van der Waals surface area contributed by atoms with Gasteiger partial charge in [0.2, 0.25) is 12.3 Å². The Balaban J connectivity index is 2.68. The van der Waals surface area contributed by atoms with Crippen molar-refractivity contribution < 1.29 is 13.6 Å². The Bertz CT molecular complexity index is 446. The molecule has 0 aliphatic heterocycles. The van der Waals surface area contributed by atoms with Crippen LogP contribution in [0.1, 0.15) is 12.8 Å². The van der Waals surface area contributed by atoms with Crippen LogP contribution in [0, 0.1) is 0 Å². The molecule has 0 saturated heterocycles. The quantitative estimate of drug-likeness (QED) is 0.567. The van der Waals surface area contributed by atoms with Gasteiger partial charge in [-0.1, -0.05) is 17.7 Å². The fourth-order valence-electron chi connectivity index (χ4n) is 1.54. The van der Waals surface area contributed by atoms with E-state index in [1.54, 1.807) is 18.2 Å². The van der Waals surface area contributed by atoms with E-state index in [4.69, 9.17) is 11.6 Å². The number of hydrogen-bond acceptors (Lipinski definition) is 3. The zero-order valence-electron chi connectivity index (χ0n) is 11.1. The molecule has 1 rings (SSSR count). The molecule has 0 heterocycles. The minimum Gasteiger partial charge on any atom is -0.325 e. The second kappa shape index (κ2) is 9.15. The molecule has 20 heavy (non-hydrogen) atoms. The van der Waals surface area contributed by atoms with Gasteiger partial charge in [-0.2, -0.15) is 0 Å². The average molecular weight is 323 g/mol. The van der Waals surface area contributed by atoms with Crippen LogP contribution in [0.2, 0.25) is 5.02 Å². The molecule has 7 heteroatoms. The molecule has 0 fully saturated rings. The maximum absolute atomic E-state index is 12.3. The molecule has 0 unspecified atom stereocenters. The molecule has 0 atom stereocenters. The van der Waals surface area contributed by atoms with Crippen molar-refractivity contribution in [3.8, 4) is 0 Å². The number of nitrogens with one attached hydrogen (secondary N) is 2. The first-order valence-electron chi connectivity index (χ1n) is 6.18. The first-order chi connectivity index (χ1) is 9.54. The van der Waals surface area contributed by atoms with Crippen LogP contribution in [-0.2, 0) is 4.79 Å². The molecule has 0 spiro atoms. The number of hydrogen-bond donors (Lipinski definition) is 2. The van der Waals surface area contributed by atoms with Gasteiger partial charge in [-0.3, -0.25) is 4.79 Å². The minimum atomic E-state index is -2.42. The molecular weight excluding hydrogens is 306 g/mol. The Hall–Kier alpha value is -0.850. The van der Waals surface area contributed by atoms with Crippen LogP contribution in [-0.4, -0.2) is 31.7 Å². The normalized spacial score (nSPS) is 10.8. The van der Waals surface area contributed by atoms with Crippen molar-refractivity contribution in [2.75, 3.05) is 24.7 Å². The maximum atomic E-state index is 12.3. The van der Waals surface area contributed by atoms with E-state index in [0.29, 0.717) is 28.4 Å². The number of halogens is 3. The van der Waals surface area contributed by atoms with E-state index in [-0.39, 0.29) is 11.7 Å². The van der Waals surface area contributed by atoms with Gasteiger partial charge in [-0.05, 0) is 32.1 Å². The number of alkyl halides is 2. The summed E-state index contributed by atoms with van der Waals surface area (Å²) in [5.41, 5.74) is 0.484. The van der Waals surface area contributed by atoms with Gasteiger partial charge in [0.15, 0.2) is 0 Å². The van der Waals surface area contributed by atoms with Gasteiger partial charge in [-0.15, -0.1) is 11.8 Å². The predicted octanol–water partition coefficient (Wildman–Crippen LogP) is 3.64. The summed E-state index contributed by atoms with van der Waals surface area (Å²) in [7, 11) is 1.81. The summed E-state index contributed by atoms with van der Waals surface area (Å²) in [5, 5.41) is 6.03. The molecule has 0 aliphatic carbocycles. The minimum absolute atomic E-state index is 0.151. The first-order valence-corrected chi connectivity index (χ1v) is 7.55. The van der Waals surface area contributed by atoms with Crippen LogP contribution in [0.3, 0.4) is 0 Å². The third kappa shape index (κ3) is 6.07. The molecule has 0 saturated carbocycles. The lowest BCUT2D eigenvalue weighted by Crippen LogP contribution is -2.15. The zero-order valence-corrected chi connectivity index (χ0v) is 12.7. The number of thioether (sulfide) groups is 1. The van der Waals surface area contributed by atoms with Gasteiger partial charge in [-0.25, -0.2) is 8.78 Å². The maximum Gasteiger partial charge on any atom is 0.247 e. The first kappa shape index (κ1) is 17.2. The molecule has 1 amide bonds. The number of carbonyl (C=O) groups excluding carboxylic acids is 1. The SMILES string of the molecule is CNCCCC(=O)Nc1cccc(Cl)c1SCC(F)F. The van der Waals surface area contributed by atoms with E-state index >= 15 is 0 Å². The molecule has 0 bridgehead atoms. The van der Waals surface area contributed by atoms with Gasteiger partial charge in [0.1, 0.15) is 0 Å².